The van der Waals surface area contributed by atoms with Crippen LogP contribution in [0.4, 0.5) is 10.5 Å². The molecule has 2 aromatic heterocycles. The molecule has 0 aliphatic carbocycles. The lowest BCUT2D eigenvalue weighted by molar-refractivity contribution is 0.0687. The smallest absolute Gasteiger partial charge is 0.409 e. The van der Waals surface area contributed by atoms with E-state index in [-0.39, 0.29) is 18.1 Å². The summed E-state index contributed by atoms with van der Waals surface area (Å²) in [6.45, 7) is 6.77. The topological polar surface area (TPSA) is 100 Å². The summed E-state index contributed by atoms with van der Waals surface area (Å²) in [5.41, 5.74) is 2.27. The first-order chi connectivity index (χ1) is 16.2. The Hall–Kier alpha value is -2.97. The van der Waals surface area contributed by atoms with E-state index < -0.39 is 5.60 Å². The van der Waals surface area contributed by atoms with Crippen molar-refractivity contribution in [2.24, 2.45) is 5.92 Å². The molecule has 0 spiro atoms. The van der Waals surface area contributed by atoms with E-state index in [9.17, 15) is 9.90 Å². The molecule has 8 nitrogen and oxygen atoms in total. The fourth-order valence-electron chi connectivity index (χ4n) is 4.35. The third-order valence-electron chi connectivity index (χ3n) is 6.32. The number of aliphatic hydroxyl groups is 1. The van der Waals surface area contributed by atoms with Gasteiger partial charge >= 0.3 is 6.09 Å². The Morgan fingerprint density at radius 1 is 1.24 bits per heavy atom. The molecule has 2 atom stereocenters. The number of hydrogen-bond acceptors (Lipinski definition) is 7. The molecule has 1 aromatic carbocycles. The van der Waals surface area contributed by atoms with Gasteiger partial charge in [-0.25, -0.2) is 14.8 Å². The second-order valence-corrected chi connectivity index (χ2v) is 9.73. The van der Waals surface area contributed by atoms with Crippen molar-refractivity contribution in [1.29, 1.82) is 0 Å². The van der Waals surface area contributed by atoms with Crippen LogP contribution in [0.15, 0.2) is 36.8 Å². The molecule has 34 heavy (non-hydrogen) atoms. The number of methoxy groups -OCH3 is 1. The molecule has 1 saturated heterocycles. The highest BCUT2D eigenvalue weighted by molar-refractivity contribution is 6.34. The van der Waals surface area contributed by atoms with Crippen LogP contribution in [0.25, 0.3) is 22.0 Å². The Kier molecular flexibility index (Phi) is 6.91. The van der Waals surface area contributed by atoms with Crippen molar-refractivity contribution in [2.45, 2.75) is 45.3 Å². The monoisotopic (exact) mass is 483 g/mol. The first-order valence-electron chi connectivity index (χ1n) is 11.4. The van der Waals surface area contributed by atoms with Crippen LogP contribution in [0.2, 0.25) is 5.02 Å². The van der Waals surface area contributed by atoms with E-state index in [0.717, 1.165) is 40.6 Å². The van der Waals surface area contributed by atoms with Crippen molar-refractivity contribution in [3.8, 4) is 11.1 Å². The lowest BCUT2D eigenvalue weighted by Crippen LogP contribution is -2.44. The van der Waals surface area contributed by atoms with Crippen molar-refractivity contribution in [3.05, 3.63) is 47.6 Å². The van der Waals surface area contributed by atoms with Crippen LogP contribution >= 0.6 is 11.6 Å². The number of nitrogens with one attached hydrogen (secondary N) is 1. The summed E-state index contributed by atoms with van der Waals surface area (Å²) < 4.78 is 4.91. The largest absolute Gasteiger partial charge is 0.453 e. The third-order valence-corrected chi connectivity index (χ3v) is 6.61. The number of carbonyl (C=O) groups is 1. The molecule has 0 unspecified atom stereocenters. The highest BCUT2D eigenvalue weighted by Crippen LogP contribution is 2.34. The lowest BCUT2D eigenvalue weighted by Gasteiger charge is -2.35. The van der Waals surface area contributed by atoms with Gasteiger partial charge in [0.1, 0.15) is 5.60 Å². The standard InChI is InChI=1S/C25H30ClN5O3/c1-15(17-6-5-9-31(14-17)24(32)34-4)30-22-19-10-16(7-8-21(19)27-13-20(22)26)18-11-28-23(29-12-18)25(2,3)33/h7-8,10-13,15,17,33H,5-6,9,14H2,1-4H3,(H,27,30)/t15-,17-/m0/s1. The van der Waals surface area contributed by atoms with Gasteiger partial charge in [-0.1, -0.05) is 17.7 Å². The number of piperidine rings is 1. The van der Waals surface area contributed by atoms with Crippen molar-refractivity contribution in [1.82, 2.24) is 19.9 Å². The molecule has 9 heteroatoms. The van der Waals surface area contributed by atoms with Gasteiger partial charge in [0, 0.05) is 48.7 Å². The maximum atomic E-state index is 12.0. The zero-order chi connectivity index (χ0) is 24.5. The van der Waals surface area contributed by atoms with Crippen LogP contribution < -0.4 is 5.32 Å². The first kappa shape index (κ1) is 24.2. The van der Waals surface area contributed by atoms with Gasteiger partial charge in [-0.15, -0.1) is 0 Å². The van der Waals surface area contributed by atoms with Crippen LogP contribution in [0.5, 0.6) is 0 Å². The minimum absolute atomic E-state index is 0.0774. The molecule has 2 N–H and O–H groups in total. The van der Waals surface area contributed by atoms with Gasteiger partial charge in [0.2, 0.25) is 0 Å². The highest BCUT2D eigenvalue weighted by Gasteiger charge is 2.28. The van der Waals surface area contributed by atoms with Crippen LogP contribution in [0.3, 0.4) is 0 Å². The summed E-state index contributed by atoms with van der Waals surface area (Å²) in [5.74, 6) is 0.629. The lowest BCUT2D eigenvalue weighted by atomic mass is 9.91. The molecule has 3 heterocycles. The summed E-state index contributed by atoms with van der Waals surface area (Å²) in [4.78, 5) is 26.9. The summed E-state index contributed by atoms with van der Waals surface area (Å²) in [6.07, 6.45) is 6.73. The molecular formula is C25H30ClN5O3. The fraction of sp³-hybridized carbons (Fsp3) is 0.440. The van der Waals surface area contributed by atoms with E-state index >= 15 is 0 Å². The van der Waals surface area contributed by atoms with Gasteiger partial charge in [0.25, 0.3) is 0 Å². The van der Waals surface area contributed by atoms with Gasteiger partial charge in [-0.2, -0.15) is 0 Å². The number of benzene rings is 1. The van der Waals surface area contributed by atoms with Gasteiger partial charge < -0.3 is 20.1 Å². The van der Waals surface area contributed by atoms with Gasteiger partial charge in [0.15, 0.2) is 5.82 Å². The van der Waals surface area contributed by atoms with Crippen molar-refractivity contribution < 1.29 is 14.6 Å². The number of likely N-dealkylation sites (tertiary alicyclic amines) is 1. The SMILES string of the molecule is COC(=O)N1CCC[C@H]([C@H](C)Nc2c(Cl)cnc3ccc(-c4cnc(C(C)(C)O)nc4)cc23)C1. The number of nitrogens with zero attached hydrogens (tertiary/aromatic N) is 4. The number of amides is 1. The number of aromatic nitrogens is 3. The number of halogens is 1. The van der Waals surface area contributed by atoms with E-state index in [4.69, 9.17) is 16.3 Å². The zero-order valence-electron chi connectivity index (χ0n) is 19.9. The molecular weight excluding hydrogens is 454 g/mol. The molecule has 180 valence electrons. The van der Waals surface area contributed by atoms with Crippen LogP contribution in [-0.2, 0) is 10.3 Å². The minimum atomic E-state index is -1.10. The Morgan fingerprint density at radius 2 is 1.97 bits per heavy atom. The van der Waals surface area contributed by atoms with Crippen molar-refractivity contribution >= 4 is 34.3 Å². The number of carbonyl (C=O) groups excluding carboxylic acids is 1. The van der Waals surface area contributed by atoms with E-state index in [1.807, 2.05) is 18.2 Å². The minimum Gasteiger partial charge on any atom is -0.453 e. The number of ether oxygens (including phenoxy) is 1. The Labute approximate surface area is 204 Å². The second-order valence-electron chi connectivity index (χ2n) is 9.32. The normalized spacial score (nSPS) is 17.5. The maximum Gasteiger partial charge on any atom is 0.409 e. The highest BCUT2D eigenvalue weighted by atomic mass is 35.5. The molecule has 0 saturated carbocycles. The fourth-order valence-corrected chi connectivity index (χ4v) is 4.55. The van der Waals surface area contributed by atoms with Crippen LogP contribution in [-0.4, -0.2) is 57.3 Å². The van der Waals surface area contributed by atoms with Crippen molar-refractivity contribution in [3.63, 3.8) is 0 Å². The number of rotatable bonds is 5. The summed E-state index contributed by atoms with van der Waals surface area (Å²) in [6, 6.07) is 6.01. The maximum absolute atomic E-state index is 12.0. The van der Waals surface area contributed by atoms with Crippen LogP contribution in [0.1, 0.15) is 39.4 Å². The number of fused-ring (bicyclic) bond motifs is 1. The molecule has 1 aliphatic heterocycles. The number of pyridine rings is 1. The average molecular weight is 484 g/mol. The number of anilines is 1. The molecule has 4 rings (SSSR count). The zero-order valence-corrected chi connectivity index (χ0v) is 20.6. The van der Waals surface area contributed by atoms with E-state index in [1.54, 1.807) is 37.3 Å². The predicted octanol–water partition coefficient (Wildman–Crippen LogP) is 4.85. The first-order valence-corrected chi connectivity index (χ1v) is 11.8. The Balaban J connectivity index is 1.62. The molecule has 3 aromatic rings. The van der Waals surface area contributed by atoms with E-state index in [2.05, 4.69) is 27.2 Å². The van der Waals surface area contributed by atoms with E-state index in [1.165, 1.54) is 7.11 Å². The quantitative estimate of drug-likeness (QED) is 0.534. The summed E-state index contributed by atoms with van der Waals surface area (Å²) in [7, 11) is 1.41. The molecule has 1 amide bonds. The molecule has 0 radical (unpaired) electrons. The average Bonchev–Trinajstić information content (AvgIpc) is 2.84. The third kappa shape index (κ3) is 5.08. The van der Waals surface area contributed by atoms with Crippen molar-refractivity contribution in [2.75, 3.05) is 25.5 Å². The number of hydrogen-bond donors (Lipinski definition) is 2. The molecule has 1 fully saturated rings. The Morgan fingerprint density at radius 3 is 2.65 bits per heavy atom. The second kappa shape index (κ2) is 9.72. The van der Waals surface area contributed by atoms with Crippen LogP contribution in [0, 0.1) is 5.92 Å². The predicted molar refractivity (Wildman–Crippen MR) is 133 cm³/mol. The summed E-state index contributed by atoms with van der Waals surface area (Å²) >= 11 is 6.60. The summed E-state index contributed by atoms with van der Waals surface area (Å²) in [5, 5.41) is 15.1. The molecule has 1 aliphatic rings. The van der Waals surface area contributed by atoms with Gasteiger partial charge in [-0.05, 0) is 57.2 Å². The van der Waals surface area contributed by atoms with Gasteiger partial charge in [-0.3, -0.25) is 4.98 Å². The Bertz CT molecular complexity index is 1180. The van der Waals surface area contributed by atoms with Gasteiger partial charge in [0.05, 0.1) is 23.3 Å². The molecule has 0 bridgehead atoms. The van der Waals surface area contributed by atoms with E-state index in [0.29, 0.717) is 23.9 Å².